The summed E-state index contributed by atoms with van der Waals surface area (Å²) in [5.41, 5.74) is 1.13. The van der Waals surface area contributed by atoms with Crippen LogP contribution in [0, 0.1) is 0 Å². The molecule has 100 valence electrons. The molecule has 2 rings (SSSR count). The van der Waals surface area contributed by atoms with Gasteiger partial charge in [-0.2, -0.15) is 0 Å². The third-order valence-corrected chi connectivity index (χ3v) is 3.32. The van der Waals surface area contributed by atoms with Crippen LogP contribution in [0.15, 0.2) is 12.3 Å². The van der Waals surface area contributed by atoms with Gasteiger partial charge in [-0.3, -0.25) is 0 Å². The van der Waals surface area contributed by atoms with Gasteiger partial charge in [-0.15, -0.1) is 0 Å². The van der Waals surface area contributed by atoms with Crippen molar-refractivity contribution in [2.45, 2.75) is 25.4 Å². The Morgan fingerprint density at radius 2 is 2.33 bits per heavy atom. The van der Waals surface area contributed by atoms with Crippen LogP contribution in [0.25, 0.3) is 0 Å². The fourth-order valence-corrected chi connectivity index (χ4v) is 2.06. The fourth-order valence-electron chi connectivity index (χ4n) is 1.73. The minimum atomic E-state index is 0.666. The predicted molar refractivity (Wildman–Crippen MR) is 74.3 cm³/mol. The van der Waals surface area contributed by atoms with Gasteiger partial charge in [0.15, 0.2) is 0 Å². The number of methoxy groups -OCH3 is 1. The first kappa shape index (κ1) is 13.6. The van der Waals surface area contributed by atoms with E-state index in [9.17, 15) is 0 Å². The highest BCUT2D eigenvalue weighted by atomic mass is 35.5. The first-order chi connectivity index (χ1) is 8.70. The third-order valence-electron chi connectivity index (χ3n) is 3.04. The van der Waals surface area contributed by atoms with Gasteiger partial charge in [0.2, 0.25) is 0 Å². The number of nitrogens with zero attached hydrogens (tertiary/aromatic N) is 2. The number of halogens is 1. The molecule has 0 amide bonds. The summed E-state index contributed by atoms with van der Waals surface area (Å²) < 4.78 is 5.05. The number of ether oxygens (including phenoxy) is 1. The summed E-state index contributed by atoms with van der Waals surface area (Å²) in [6.45, 7) is 2.29. The third kappa shape index (κ3) is 3.83. The standard InChI is InChI=1S/C13H20ClN3O/c1-17(5-6-18-2)13-12(14)7-10(9-16-13)8-15-11-3-4-11/h7,9,11,15H,3-6,8H2,1-2H3. The van der Waals surface area contributed by atoms with Crippen molar-refractivity contribution >= 4 is 17.4 Å². The van der Waals surface area contributed by atoms with Crippen LogP contribution in [-0.2, 0) is 11.3 Å². The molecular formula is C13H20ClN3O. The van der Waals surface area contributed by atoms with Gasteiger partial charge in [0, 0.05) is 39.5 Å². The van der Waals surface area contributed by atoms with Gasteiger partial charge in [-0.25, -0.2) is 4.98 Å². The lowest BCUT2D eigenvalue weighted by atomic mass is 10.2. The number of hydrogen-bond acceptors (Lipinski definition) is 4. The lowest BCUT2D eigenvalue weighted by Crippen LogP contribution is -2.23. The van der Waals surface area contributed by atoms with Gasteiger partial charge in [-0.05, 0) is 24.5 Å². The van der Waals surface area contributed by atoms with E-state index in [1.807, 2.05) is 24.2 Å². The molecular weight excluding hydrogens is 250 g/mol. The van der Waals surface area contributed by atoms with E-state index < -0.39 is 0 Å². The molecule has 4 nitrogen and oxygen atoms in total. The average Bonchev–Trinajstić information content (AvgIpc) is 3.17. The zero-order valence-corrected chi connectivity index (χ0v) is 11.7. The van der Waals surface area contributed by atoms with E-state index in [1.165, 1.54) is 12.8 Å². The van der Waals surface area contributed by atoms with Crippen LogP contribution in [0.5, 0.6) is 0 Å². The van der Waals surface area contributed by atoms with Crippen molar-refractivity contribution in [2.24, 2.45) is 0 Å². The maximum Gasteiger partial charge on any atom is 0.147 e. The van der Waals surface area contributed by atoms with E-state index in [0.717, 1.165) is 24.5 Å². The number of anilines is 1. The van der Waals surface area contributed by atoms with E-state index in [4.69, 9.17) is 16.3 Å². The van der Waals surface area contributed by atoms with Crippen molar-refractivity contribution in [3.8, 4) is 0 Å². The molecule has 0 radical (unpaired) electrons. The van der Waals surface area contributed by atoms with E-state index in [0.29, 0.717) is 17.7 Å². The largest absolute Gasteiger partial charge is 0.383 e. The van der Waals surface area contributed by atoms with Crippen LogP contribution in [0.4, 0.5) is 5.82 Å². The summed E-state index contributed by atoms with van der Waals surface area (Å²) in [6.07, 6.45) is 4.47. The Bertz CT molecular complexity index is 396. The molecule has 0 unspecified atom stereocenters. The van der Waals surface area contributed by atoms with E-state index >= 15 is 0 Å². The van der Waals surface area contributed by atoms with E-state index in [1.54, 1.807) is 7.11 Å². The lowest BCUT2D eigenvalue weighted by Gasteiger charge is -2.19. The van der Waals surface area contributed by atoms with Crippen LogP contribution in [-0.4, -0.2) is 38.3 Å². The van der Waals surface area contributed by atoms with Crippen LogP contribution < -0.4 is 10.2 Å². The molecule has 0 spiro atoms. The smallest absolute Gasteiger partial charge is 0.147 e. The molecule has 0 aliphatic heterocycles. The maximum absolute atomic E-state index is 6.26. The number of nitrogens with one attached hydrogen (secondary N) is 1. The number of hydrogen-bond donors (Lipinski definition) is 1. The van der Waals surface area contributed by atoms with Crippen molar-refractivity contribution < 1.29 is 4.74 Å². The second kappa shape index (κ2) is 6.36. The van der Waals surface area contributed by atoms with Gasteiger partial charge >= 0.3 is 0 Å². The molecule has 1 saturated carbocycles. The summed E-state index contributed by atoms with van der Waals surface area (Å²) in [6, 6.07) is 2.69. The predicted octanol–water partition coefficient (Wildman–Crippen LogP) is 2.07. The van der Waals surface area contributed by atoms with Crippen molar-refractivity contribution in [2.75, 3.05) is 32.2 Å². The fraction of sp³-hybridized carbons (Fsp3) is 0.615. The van der Waals surface area contributed by atoms with Gasteiger partial charge < -0.3 is 15.0 Å². The highest BCUT2D eigenvalue weighted by Crippen LogP contribution is 2.24. The monoisotopic (exact) mass is 269 g/mol. The van der Waals surface area contributed by atoms with Crippen LogP contribution >= 0.6 is 11.6 Å². The Labute approximate surface area is 113 Å². The highest BCUT2D eigenvalue weighted by molar-refractivity contribution is 6.33. The molecule has 1 fully saturated rings. The normalized spacial score (nSPS) is 14.8. The Morgan fingerprint density at radius 1 is 1.56 bits per heavy atom. The Balaban J connectivity index is 1.94. The second-order valence-corrected chi connectivity index (χ2v) is 5.13. The van der Waals surface area contributed by atoms with Crippen molar-refractivity contribution in [3.63, 3.8) is 0 Å². The van der Waals surface area contributed by atoms with Crippen molar-refractivity contribution in [3.05, 3.63) is 22.8 Å². The van der Waals surface area contributed by atoms with E-state index in [2.05, 4.69) is 10.3 Å². The topological polar surface area (TPSA) is 37.4 Å². The molecule has 0 atom stereocenters. The molecule has 0 saturated heterocycles. The Morgan fingerprint density at radius 3 is 2.94 bits per heavy atom. The van der Waals surface area contributed by atoms with Crippen LogP contribution in [0.2, 0.25) is 5.02 Å². The highest BCUT2D eigenvalue weighted by Gasteiger charge is 2.20. The zero-order chi connectivity index (χ0) is 13.0. The summed E-state index contributed by atoms with van der Waals surface area (Å²) in [5, 5.41) is 4.15. The van der Waals surface area contributed by atoms with Crippen LogP contribution in [0.3, 0.4) is 0 Å². The van der Waals surface area contributed by atoms with Gasteiger partial charge in [0.1, 0.15) is 5.82 Å². The molecule has 5 heteroatoms. The van der Waals surface area contributed by atoms with Crippen molar-refractivity contribution in [1.82, 2.24) is 10.3 Å². The van der Waals surface area contributed by atoms with Gasteiger partial charge in [0.05, 0.1) is 11.6 Å². The molecule has 1 aromatic rings. The van der Waals surface area contributed by atoms with Crippen LogP contribution in [0.1, 0.15) is 18.4 Å². The molecule has 1 aliphatic carbocycles. The van der Waals surface area contributed by atoms with Crippen molar-refractivity contribution in [1.29, 1.82) is 0 Å². The number of pyridine rings is 1. The number of likely N-dealkylation sites (N-methyl/N-ethyl adjacent to an activating group) is 1. The molecule has 0 bridgehead atoms. The lowest BCUT2D eigenvalue weighted by molar-refractivity contribution is 0.206. The summed E-state index contributed by atoms with van der Waals surface area (Å²) in [4.78, 5) is 6.43. The quantitative estimate of drug-likeness (QED) is 0.822. The first-order valence-corrected chi connectivity index (χ1v) is 6.66. The van der Waals surface area contributed by atoms with E-state index in [-0.39, 0.29) is 0 Å². The van der Waals surface area contributed by atoms with Gasteiger partial charge in [-0.1, -0.05) is 11.6 Å². The Hall–Kier alpha value is -0.840. The number of aromatic nitrogens is 1. The molecule has 18 heavy (non-hydrogen) atoms. The molecule has 1 N–H and O–H groups in total. The molecule has 1 heterocycles. The minimum absolute atomic E-state index is 0.666. The summed E-state index contributed by atoms with van der Waals surface area (Å²) in [5.74, 6) is 0.809. The molecule has 0 aromatic carbocycles. The first-order valence-electron chi connectivity index (χ1n) is 6.28. The summed E-state index contributed by atoms with van der Waals surface area (Å²) >= 11 is 6.26. The molecule has 1 aromatic heterocycles. The van der Waals surface area contributed by atoms with Gasteiger partial charge in [0.25, 0.3) is 0 Å². The Kier molecular flexibility index (Phi) is 4.80. The maximum atomic E-state index is 6.26. The SMILES string of the molecule is COCCN(C)c1ncc(CNC2CC2)cc1Cl. The minimum Gasteiger partial charge on any atom is -0.383 e. The molecule has 1 aliphatic rings. The summed E-state index contributed by atoms with van der Waals surface area (Å²) in [7, 11) is 3.66. The second-order valence-electron chi connectivity index (χ2n) is 4.72. The number of rotatable bonds is 7. The average molecular weight is 270 g/mol. The zero-order valence-electron chi connectivity index (χ0n) is 10.9.